The fourth-order valence-electron chi connectivity index (χ4n) is 1.78. The summed E-state index contributed by atoms with van der Waals surface area (Å²) in [5.74, 6) is -1.21. The average Bonchev–Trinajstić information content (AvgIpc) is 2.38. The summed E-state index contributed by atoms with van der Waals surface area (Å²) in [4.78, 5) is 14.5. The number of aliphatic carboxylic acids is 1. The highest BCUT2D eigenvalue weighted by Crippen LogP contribution is 2.28. The molecule has 6 heteroatoms. The number of benzene rings is 1. The number of fused-ring (bicyclic) bond motifs is 1. The first-order chi connectivity index (χ1) is 8.52. The lowest BCUT2D eigenvalue weighted by atomic mass is 9.99. The number of pyridine rings is 1. The molecule has 0 fully saturated rings. The van der Waals surface area contributed by atoms with Gasteiger partial charge in [-0.05, 0) is 5.39 Å². The van der Waals surface area contributed by atoms with Gasteiger partial charge in [0.05, 0.1) is 0 Å². The third kappa shape index (κ3) is 1.99. The third-order valence-electron chi connectivity index (χ3n) is 2.73. The molecule has 18 heavy (non-hydrogen) atoms. The van der Waals surface area contributed by atoms with Gasteiger partial charge in [0.25, 0.3) is 0 Å². The Morgan fingerprint density at radius 3 is 2.44 bits per heavy atom. The van der Waals surface area contributed by atoms with Crippen molar-refractivity contribution >= 4 is 22.6 Å². The zero-order valence-electron chi connectivity index (χ0n) is 9.32. The van der Waals surface area contributed by atoms with Gasteiger partial charge in [-0.3, -0.25) is 0 Å². The Kier molecular flexibility index (Phi) is 3.14. The number of carboxylic acid groups (broad SMARTS) is 1. The first kappa shape index (κ1) is 12.3. The van der Waals surface area contributed by atoms with Gasteiger partial charge in [-0.15, -0.1) is 0 Å². The Balaban J connectivity index is 2.58. The molecular formula is C12H12N2O4. The average molecular weight is 248 g/mol. The summed E-state index contributed by atoms with van der Waals surface area (Å²) in [6, 6.07) is 6.87. The second kappa shape index (κ2) is 4.59. The van der Waals surface area contributed by atoms with E-state index in [-0.39, 0.29) is 11.4 Å². The molecule has 0 bridgehead atoms. The number of aliphatic hydroxyl groups is 2. The van der Waals surface area contributed by atoms with Gasteiger partial charge in [-0.25, -0.2) is 9.78 Å². The van der Waals surface area contributed by atoms with E-state index in [1.807, 2.05) is 0 Å². The summed E-state index contributed by atoms with van der Waals surface area (Å²) in [7, 11) is 0. The molecule has 1 aromatic heterocycles. The smallest absolute Gasteiger partial charge is 0.335 e. The van der Waals surface area contributed by atoms with Gasteiger partial charge in [0.1, 0.15) is 11.9 Å². The molecule has 2 rings (SSSR count). The highest BCUT2D eigenvalue weighted by molar-refractivity contribution is 5.93. The maximum Gasteiger partial charge on any atom is 0.335 e. The van der Waals surface area contributed by atoms with Crippen molar-refractivity contribution in [1.82, 2.24) is 4.98 Å². The normalized spacial score (nSPS) is 14.3. The summed E-state index contributed by atoms with van der Waals surface area (Å²) in [6.07, 6.45) is -2.19. The van der Waals surface area contributed by atoms with E-state index >= 15 is 0 Å². The number of hydrogen-bond donors (Lipinski definition) is 4. The molecule has 2 unspecified atom stereocenters. The second-order valence-corrected chi connectivity index (χ2v) is 3.87. The quantitative estimate of drug-likeness (QED) is 0.620. The zero-order chi connectivity index (χ0) is 13.3. The third-order valence-corrected chi connectivity index (χ3v) is 2.73. The molecule has 1 heterocycles. The summed E-state index contributed by atoms with van der Waals surface area (Å²) in [6.45, 7) is 0. The first-order valence-electron chi connectivity index (χ1n) is 5.24. The minimum Gasteiger partial charge on any atom is -0.479 e. The predicted molar refractivity (Wildman–Crippen MR) is 64.8 cm³/mol. The fourth-order valence-corrected chi connectivity index (χ4v) is 1.78. The molecule has 0 aliphatic heterocycles. The number of hydrogen-bond acceptors (Lipinski definition) is 5. The summed E-state index contributed by atoms with van der Waals surface area (Å²) in [5.41, 5.74) is 5.92. The lowest BCUT2D eigenvalue weighted by Crippen LogP contribution is -2.27. The number of nitrogens with two attached hydrogens (primary N) is 1. The van der Waals surface area contributed by atoms with Crippen LogP contribution in [0.1, 0.15) is 11.7 Å². The van der Waals surface area contributed by atoms with E-state index in [1.54, 1.807) is 24.3 Å². The highest BCUT2D eigenvalue weighted by Gasteiger charge is 2.27. The van der Waals surface area contributed by atoms with E-state index in [4.69, 9.17) is 10.8 Å². The number of nitrogens with zero attached hydrogens (tertiary/aromatic N) is 1. The number of rotatable bonds is 3. The molecule has 0 saturated heterocycles. The SMILES string of the molecule is Nc1ncc(C(O)C(O)C(=O)O)c2ccccc12. The van der Waals surface area contributed by atoms with Crippen LogP contribution in [0.3, 0.4) is 0 Å². The van der Waals surface area contributed by atoms with Gasteiger partial charge in [0.2, 0.25) is 0 Å². The number of carbonyl (C=O) groups is 1. The molecule has 5 N–H and O–H groups in total. The van der Waals surface area contributed by atoms with Crippen LogP contribution in [0, 0.1) is 0 Å². The monoisotopic (exact) mass is 248 g/mol. The second-order valence-electron chi connectivity index (χ2n) is 3.87. The molecule has 94 valence electrons. The topological polar surface area (TPSA) is 117 Å². The van der Waals surface area contributed by atoms with Crippen molar-refractivity contribution in [3.8, 4) is 0 Å². The number of aliphatic hydroxyl groups excluding tert-OH is 2. The van der Waals surface area contributed by atoms with Crippen molar-refractivity contribution in [2.45, 2.75) is 12.2 Å². The first-order valence-corrected chi connectivity index (χ1v) is 5.24. The molecule has 6 nitrogen and oxygen atoms in total. The van der Waals surface area contributed by atoms with Crippen LogP contribution in [0.15, 0.2) is 30.5 Å². The lowest BCUT2D eigenvalue weighted by molar-refractivity contribution is -0.153. The van der Waals surface area contributed by atoms with Crippen molar-refractivity contribution in [2.24, 2.45) is 0 Å². The van der Waals surface area contributed by atoms with Gasteiger partial charge in [-0.1, -0.05) is 24.3 Å². The molecule has 0 saturated carbocycles. The molecule has 2 aromatic rings. The predicted octanol–water partition coefficient (Wildman–Crippen LogP) is 0.296. The van der Waals surface area contributed by atoms with Crippen LogP contribution >= 0.6 is 0 Å². The van der Waals surface area contributed by atoms with E-state index in [2.05, 4.69) is 4.98 Å². The van der Waals surface area contributed by atoms with E-state index in [9.17, 15) is 15.0 Å². The van der Waals surface area contributed by atoms with Crippen LogP contribution in [-0.2, 0) is 4.79 Å². The largest absolute Gasteiger partial charge is 0.479 e. The Bertz CT molecular complexity index is 600. The Hall–Kier alpha value is -2.18. The van der Waals surface area contributed by atoms with Gasteiger partial charge in [-0.2, -0.15) is 0 Å². The molecule has 0 amide bonds. The van der Waals surface area contributed by atoms with E-state index in [0.717, 1.165) is 0 Å². The summed E-state index contributed by atoms with van der Waals surface area (Å²) >= 11 is 0. The molecule has 0 aliphatic rings. The van der Waals surface area contributed by atoms with Crippen molar-refractivity contribution < 1.29 is 20.1 Å². The van der Waals surface area contributed by atoms with E-state index in [0.29, 0.717) is 10.8 Å². The number of anilines is 1. The Morgan fingerprint density at radius 2 is 1.83 bits per heavy atom. The van der Waals surface area contributed by atoms with Crippen molar-refractivity contribution in [1.29, 1.82) is 0 Å². The van der Waals surface area contributed by atoms with Gasteiger partial charge in [0.15, 0.2) is 6.10 Å². The molecule has 0 spiro atoms. The minimum atomic E-state index is -1.90. The lowest BCUT2D eigenvalue weighted by Gasteiger charge is -2.16. The van der Waals surface area contributed by atoms with Crippen LogP contribution in [0.5, 0.6) is 0 Å². The van der Waals surface area contributed by atoms with Crippen molar-refractivity contribution in [2.75, 3.05) is 5.73 Å². The van der Waals surface area contributed by atoms with Crippen molar-refractivity contribution in [3.05, 3.63) is 36.0 Å². The molecule has 0 radical (unpaired) electrons. The summed E-state index contributed by atoms with van der Waals surface area (Å²) < 4.78 is 0. The number of nitrogen functional groups attached to an aromatic ring is 1. The number of carboxylic acids is 1. The Morgan fingerprint density at radius 1 is 1.22 bits per heavy atom. The standard InChI is InChI=1S/C12H12N2O4/c13-11-7-4-2-1-3-6(7)8(5-14-11)9(15)10(16)12(17)18/h1-5,9-10,15-16H,(H2,13,14)(H,17,18). The molecule has 0 aliphatic carbocycles. The van der Waals surface area contributed by atoms with Crippen LogP contribution in [0.25, 0.3) is 10.8 Å². The van der Waals surface area contributed by atoms with Crippen LogP contribution in [0.4, 0.5) is 5.82 Å². The summed E-state index contributed by atoms with van der Waals surface area (Å²) in [5, 5.41) is 29.1. The maximum absolute atomic E-state index is 10.7. The molecule has 2 atom stereocenters. The molecular weight excluding hydrogens is 236 g/mol. The highest BCUT2D eigenvalue weighted by atomic mass is 16.4. The minimum absolute atomic E-state index is 0.231. The maximum atomic E-state index is 10.7. The van der Waals surface area contributed by atoms with Gasteiger partial charge >= 0.3 is 5.97 Å². The van der Waals surface area contributed by atoms with Crippen LogP contribution < -0.4 is 5.73 Å². The Labute approximate surface area is 102 Å². The van der Waals surface area contributed by atoms with E-state index < -0.39 is 18.2 Å². The van der Waals surface area contributed by atoms with Gasteiger partial charge < -0.3 is 21.1 Å². The van der Waals surface area contributed by atoms with E-state index in [1.165, 1.54) is 6.20 Å². The van der Waals surface area contributed by atoms with Crippen LogP contribution in [0.2, 0.25) is 0 Å². The van der Waals surface area contributed by atoms with Crippen molar-refractivity contribution in [3.63, 3.8) is 0 Å². The van der Waals surface area contributed by atoms with Crippen LogP contribution in [-0.4, -0.2) is 32.4 Å². The zero-order valence-corrected chi connectivity index (χ0v) is 9.32. The van der Waals surface area contributed by atoms with Gasteiger partial charge in [0, 0.05) is 17.1 Å². The fraction of sp³-hybridized carbons (Fsp3) is 0.167. The molecule has 1 aromatic carbocycles. The number of aromatic nitrogens is 1.